The monoisotopic (exact) mass is 1370 g/mol. The van der Waals surface area contributed by atoms with Gasteiger partial charge in [0.15, 0.2) is 0 Å². The predicted octanol–water partition coefficient (Wildman–Crippen LogP) is 15.1. The van der Waals surface area contributed by atoms with Gasteiger partial charge in [-0.1, -0.05) is 115 Å². The molecule has 0 saturated carbocycles. The van der Waals surface area contributed by atoms with E-state index < -0.39 is 21.7 Å². The van der Waals surface area contributed by atoms with E-state index in [0.717, 1.165) is 64.2 Å². The Bertz CT molecular complexity index is 1700. The number of amides is 2. The van der Waals surface area contributed by atoms with Crippen LogP contribution >= 0.6 is 0 Å². The van der Waals surface area contributed by atoms with Gasteiger partial charge in [-0.05, 0) is 128 Å². The first-order chi connectivity index (χ1) is 51.4. The Balaban J connectivity index is -0.00000151. The zero-order valence-electron chi connectivity index (χ0n) is 73.4. The number of hydrogen-bond acceptors (Lipinski definition) is 16. The molecule has 0 spiro atoms. The van der Waals surface area contributed by atoms with E-state index in [2.05, 4.69) is 10.6 Å². The van der Waals surface area contributed by atoms with Crippen LogP contribution in [-0.2, 0) is 75.9 Å². The van der Waals surface area contributed by atoms with Crippen LogP contribution in [0.4, 0.5) is 0 Å². The van der Waals surface area contributed by atoms with E-state index in [0.29, 0.717) is 346 Å². The Hall–Kier alpha value is -1.62. The summed E-state index contributed by atoms with van der Waals surface area (Å²) in [5.41, 5.74) is -2.53. The van der Waals surface area contributed by atoms with Crippen LogP contribution in [0.5, 0.6) is 0 Å². The van der Waals surface area contributed by atoms with E-state index >= 15 is 0 Å². The highest BCUT2D eigenvalue weighted by Crippen LogP contribution is 2.42. The van der Waals surface area contributed by atoms with Crippen molar-refractivity contribution in [2.24, 2.45) is 32.5 Å². The number of carbonyl (C=O) groups is 2. The lowest BCUT2D eigenvalue weighted by molar-refractivity contribution is -0.142. The first kappa shape index (κ1) is 72.6. The van der Waals surface area contributed by atoms with Gasteiger partial charge < -0.3 is 76.9 Å². The highest BCUT2D eigenvalue weighted by Gasteiger charge is 2.40. The third kappa shape index (κ3) is 50.4. The van der Waals surface area contributed by atoms with E-state index in [1.807, 2.05) is 20.8 Å². The van der Waals surface area contributed by atoms with Crippen molar-refractivity contribution in [2.75, 3.05) is 198 Å². The molecule has 560 valence electrons. The van der Waals surface area contributed by atoms with Gasteiger partial charge in [0.25, 0.3) is 0 Å². The fraction of sp³-hybridized carbons (Fsp3) is 0.973. The summed E-state index contributed by atoms with van der Waals surface area (Å²) in [4.78, 5) is 23.2. The number of carbonyl (C=O) groups excluding carboxylic acids is 2. The van der Waals surface area contributed by atoms with Gasteiger partial charge in [-0.2, -0.15) is 0 Å². The van der Waals surface area contributed by atoms with Crippen LogP contribution in [0.15, 0.2) is 0 Å². The van der Waals surface area contributed by atoms with Gasteiger partial charge in [0.1, 0.15) is 0 Å². The maximum atomic E-state index is 11.6. The first-order valence-electron chi connectivity index (χ1n) is 44.0. The van der Waals surface area contributed by atoms with Gasteiger partial charge in [-0.25, -0.2) is 0 Å². The number of nitrogens with one attached hydrogen (secondary N) is 2. The maximum absolute atomic E-state index is 11.6. The van der Waals surface area contributed by atoms with Gasteiger partial charge in [-0.3, -0.25) is 9.59 Å². The smallest absolute Gasteiger partial charge is 0.216 e. The zero-order valence-corrected chi connectivity index (χ0v) is 60.4. The Morgan fingerprint density at radius 3 is 0.581 bits per heavy atom. The van der Waals surface area contributed by atoms with Gasteiger partial charge in [0.05, 0.1) is 127 Å². The molecule has 0 bridgehead atoms. The molecule has 0 aromatic rings. The van der Waals surface area contributed by atoms with Gasteiger partial charge in [-0.15, -0.1) is 0 Å². The van der Waals surface area contributed by atoms with Crippen molar-refractivity contribution in [1.29, 1.82) is 0 Å². The molecule has 18 nitrogen and oxygen atoms in total. The van der Waals surface area contributed by atoms with Crippen molar-refractivity contribution in [1.82, 2.24) is 10.6 Å². The third-order valence-corrected chi connectivity index (χ3v) is 15.2. The molecule has 0 aliphatic rings. The topological polar surface area (TPSA) is 187 Å². The van der Waals surface area contributed by atoms with Crippen LogP contribution in [-0.4, -0.2) is 210 Å². The molecule has 0 atom stereocenters. The average Bonchev–Trinajstić information content (AvgIpc) is 0.820. The number of ether oxygens (including phenoxy) is 14. The summed E-state index contributed by atoms with van der Waals surface area (Å²) < 4.78 is 181. The Morgan fingerprint density at radius 2 is 0.419 bits per heavy atom. The van der Waals surface area contributed by atoms with E-state index in [9.17, 15) is 9.59 Å². The summed E-state index contributed by atoms with van der Waals surface area (Å²) in [5, 5.41) is 5.97. The maximum Gasteiger partial charge on any atom is 0.216 e. The number of hydrogen-bond donors (Lipinski definition) is 2. The molecule has 93 heavy (non-hydrogen) atoms. The molecule has 0 rings (SSSR count). The molecule has 0 aliphatic carbocycles. The molecule has 2 N–H and O–H groups in total. The quantitative estimate of drug-likeness (QED) is 0.0547. The largest absolute Gasteiger partial charge is 0.381 e. The molecule has 0 unspecified atom stereocenters. The van der Waals surface area contributed by atoms with Crippen LogP contribution < -0.4 is 10.6 Å². The lowest BCUT2D eigenvalue weighted by atomic mass is 9.68. The van der Waals surface area contributed by atoms with Gasteiger partial charge in [0, 0.05) is 124 Å². The molecule has 0 aromatic heterocycles. The molecular weight excluding hydrogens is 1180 g/mol. The van der Waals surface area contributed by atoms with Crippen molar-refractivity contribution < 1.29 is 93.7 Å². The van der Waals surface area contributed by atoms with Crippen molar-refractivity contribution in [3.8, 4) is 0 Å². The number of rotatable bonds is 68. The summed E-state index contributed by atoms with van der Waals surface area (Å²) in [7, 11) is 0. The molecular formula is C75H154N2O16. The summed E-state index contributed by atoms with van der Waals surface area (Å²) in [6.07, 6.45) is 13.9. The molecule has 0 heterocycles. The minimum absolute atomic E-state index is 0.0657. The van der Waals surface area contributed by atoms with Crippen molar-refractivity contribution in [3.05, 3.63) is 0 Å². The minimum Gasteiger partial charge on any atom is -0.381 e. The molecule has 0 radical (unpaired) electrons. The highest BCUT2D eigenvalue weighted by molar-refractivity contribution is 5.73. The predicted molar refractivity (Wildman–Crippen MR) is 382 cm³/mol. The standard InChI is InChI=1S/C27H56O7.C26H54O7.C22H44N2O2/c1-7-13-29-19-26(18-28-12-6,20-30-14-8-2)24-34-25-27(21-31-15-9-3,22-32-16-10-4)23-33-17-11-5;1-7-13-29-19-25(17-27-11-5,20-30-14-8-2)23-33-24-26(18-28-12-6,21-31-15-9-3)22-32-16-10-4;1-7-11-21(12-8-2,17-23-19(5)25)15-16-22(13-9-3,14-10-4)18-24-20(6)26/h7-25H2,1-6H3;7-24H2,1-6H3;7-18H2,1-6H3,(H,23,25)(H,24,26)/i1T,2T,3T,4T,5T;2*1T,2T,3T,4T. The molecule has 0 fully saturated rings. The zero-order chi connectivity index (χ0) is 79.3. The second kappa shape index (κ2) is 65.0. The second-order valence-corrected chi connectivity index (χ2v) is 24.8. The van der Waals surface area contributed by atoms with E-state index in [4.69, 9.17) is 84.1 Å². The van der Waals surface area contributed by atoms with E-state index in [1.165, 1.54) is 13.8 Å². The molecule has 0 aliphatic heterocycles. The lowest BCUT2D eigenvalue weighted by Gasteiger charge is -2.40. The van der Waals surface area contributed by atoms with Crippen LogP contribution in [0.1, 0.15) is 264 Å². The Kier molecular flexibility index (Phi) is 50.8. The molecule has 18 heteroatoms. The van der Waals surface area contributed by atoms with Crippen molar-refractivity contribution >= 4 is 11.8 Å². The van der Waals surface area contributed by atoms with Crippen LogP contribution in [0.25, 0.3) is 0 Å². The van der Waals surface area contributed by atoms with Crippen molar-refractivity contribution in [3.63, 3.8) is 0 Å². The first-order valence-corrected chi connectivity index (χ1v) is 34.8. The summed E-state index contributed by atoms with van der Waals surface area (Å²) in [5.74, 6) is -0.131. The van der Waals surface area contributed by atoms with Crippen LogP contribution in [0.2, 0.25) is 0 Å². The normalized spacial score (nSPS) is 14.2. The summed E-state index contributed by atoms with van der Waals surface area (Å²) in [6.45, 7) is 25.8. The minimum atomic E-state index is -0.596. The Labute approximate surface area is 591 Å². The fourth-order valence-electron chi connectivity index (χ4n) is 10.4. The highest BCUT2D eigenvalue weighted by atomic mass is 16.5. The van der Waals surface area contributed by atoms with E-state index in [-0.39, 0.29) is 22.6 Å². The van der Waals surface area contributed by atoms with Crippen LogP contribution in [0.3, 0.4) is 0 Å². The van der Waals surface area contributed by atoms with E-state index in [1.54, 1.807) is 0 Å². The molecule has 0 saturated heterocycles. The summed E-state index contributed by atoms with van der Waals surface area (Å²) >= 11 is 0. The SMILES string of the molecule is [3H]CCCC(CCC[3H])(CCC(CCC[3H])(CCC[3H])CNC(C)=O)CNC(C)=O.[3H]CCCOCC(COCC)(COCCC[3H])COCC(COCC)(COCCC[3H])COCCC[3H].[3H]CCCOCC(COCC)(COCCC[3H])COCC(COCCC[3H])(COCCC[3H])COCCC[3H]. The average molecular weight is 1370 g/mol. The summed E-state index contributed by atoms with van der Waals surface area (Å²) in [6, 6.07) is 0. The van der Waals surface area contributed by atoms with Crippen molar-refractivity contribution in [2.45, 2.75) is 246 Å². The van der Waals surface area contributed by atoms with Crippen LogP contribution in [0, 0.1) is 32.5 Å². The molecule has 0 aromatic carbocycles. The lowest BCUT2D eigenvalue weighted by Crippen LogP contribution is -2.46. The fourth-order valence-corrected chi connectivity index (χ4v) is 10.4. The Morgan fingerprint density at radius 1 is 0.247 bits per heavy atom. The van der Waals surface area contributed by atoms with Gasteiger partial charge in [0.2, 0.25) is 11.8 Å². The second-order valence-electron chi connectivity index (χ2n) is 24.8. The molecule has 2 amide bonds. The third-order valence-electron chi connectivity index (χ3n) is 15.2. The van der Waals surface area contributed by atoms with Gasteiger partial charge >= 0.3 is 0 Å².